The van der Waals surface area contributed by atoms with E-state index >= 15 is 0 Å². The van der Waals surface area contributed by atoms with Crippen molar-refractivity contribution in [1.82, 2.24) is 14.6 Å². The number of thiocarbonyl (C=S) groups is 1. The van der Waals surface area contributed by atoms with Gasteiger partial charge in [-0.2, -0.15) is 0 Å². The molecule has 0 bridgehead atoms. The van der Waals surface area contributed by atoms with Crippen molar-refractivity contribution >= 4 is 54.5 Å². The van der Waals surface area contributed by atoms with Crippen LogP contribution in [-0.2, 0) is 22.9 Å². The van der Waals surface area contributed by atoms with Crippen LogP contribution < -0.4 is 10.0 Å². The highest BCUT2D eigenvalue weighted by molar-refractivity contribution is 7.89. The van der Waals surface area contributed by atoms with Gasteiger partial charge in [0.25, 0.3) is 0 Å². The molecule has 2 aromatic carbocycles. The maximum atomic E-state index is 13.9. The van der Waals surface area contributed by atoms with E-state index in [1.165, 1.54) is 0 Å². The van der Waals surface area contributed by atoms with Crippen LogP contribution in [0.4, 0.5) is 10.1 Å². The Bertz CT molecular complexity index is 1380. The van der Waals surface area contributed by atoms with Crippen LogP contribution in [0.15, 0.2) is 47.4 Å². The monoisotopic (exact) mass is 574 g/mol. The smallest absolute Gasteiger partial charge is 0.243 e. The molecule has 5 rings (SSSR count). The largest absolute Gasteiger partial charge is 0.383 e. The number of thiazole rings is 1. The first-order valence-corrected chi connectivity index (χ1v) is 15.9. The molecule has 2 aliphatic rings. The van der Waals surface area contributed by atoms with Crippen LogP contribution in [0, 0.1) is 11.3 Å². The molecule has 1 fully saturated rings. The molecular weight excluding hydrogens is 540 g/mol. The van der Waals surface area contributed by atoms with Gasteiger partial charge < -0.3 is 10.2 Å². The zero-order chi connectivity index (χ0) is 26.9. The van der Waals surface area contributed by atoms with Crippen LogP contribution in [-0.4, -0.2) is 55.6 Å². The number of para-hydroxylation sites is 2. The van der Waals surface area contributed by atoms with E-state index in [-0.39, 0.29) is 17.0 Å². The molecule has 204 valence electrons. The molecule has 0 radical (unpaired) electrons. The summed E-state index contributed by atoms with van der Waals surface area (Å²) >= 11 is 7.50. The number of rotatable bonds is 8. The fraction of sp³-hybridized carbons (Fsp3) is 0.500. The number of hydrogen-bond donors (Lipinski definition) is 2. The van der Waals surface area contributed by atoms with Gasteiger partial charge in [0.15, 0.2) is 0 Å². The number of nitrogens with zero attached hydrogens (tertiary/aromatic N) is 2. The third kappa shape index (κ3) is 6.03. The van der Waals surface area contributed by atoms with Crippen LogP contribution in [0.25, 0.3) is 10.2 Å². The number of sulfonamides is 1. The van der Waals surface area contributed by atoms with Gasteiger partial charge in [0, 0.05) is 26.1 Å². The predicted molar refractivity (Wildman–Crippen MR) is 157 cm³/mol. The van der Waals surface area contributed by atoms with Crippen molar-refractivity contribution in [2.24, 2.45) is 11.3 Å². The van der Waals surface area contributed by atoms with E-state index in [0.717, 1.165) is 40.1 Å². The Hall–Kier alpha value is -2.14. The number of anilines is 1. The Morgan fingerprint density at radius 2 is 2.00 bits per heavy atom. The van der Waals surface area contributed by atoms with E-state index in [9.17, 15) is 12.8 Å². The number of aromatic nitrogens is 1. The normalized spacial score (nSPS) is 18.7. The molecule has 0 unspecified atom stereocenters. The van der Waals surface area contributed by atoms with Gasteiger partial charge in [0.05, 0.1) is 38.6 Å². The SMILES string of the molecule is CC1(C)CNc2c(cccc2S(=O)(=O)N[C@@H](Cc2nc3ccccc3s2)C(=S)N2CCC(CCF)CC2)C1. The number of halogens is 1. The molecule has 3 aromatic rings. The average molecular weight is 575 g/mol. The van der Waals surface area contributed by atoms with Crippen molar-refractivity contribution in [3.63, 3.8) is 0 Å². The first-order chi connectivity index (χ1) is 18.1. The number of likely N-dealkylation sites (tertiary alicyclic amines) is 1. The van der Waals surface area contributed by atoms with Crippen LogP contribution in [0.1, 0.15) is 43.7 Å². The number of benzene rings is 2. The molecule has 10 heteroatoms. The Balaban J connectivity index is 1.42. The number of fused-ring (bicyclic) bond motifs is 2. The minimum absolute atomic E-state index is 0.0496. The lowest BCUT2D eigenvalue weighted by Crippen LogP contribution is -2.50. The Morgan fingerprint density at radius 3 is 2.74 bits per heavy atom. The van der Waals surface area contributed by atoms with Gasteiger partial charge in [-0.3, -0.25) is 4.39 Å². The molecule has 6 nitrogen and oxygen atoms in total. The Labute approximate surface area is 234 Å². The summed E-state index contributed by atoms with van der Waals surface area (Å²) in [6.07, 6.45) is 3.47. The highest BCUT2D eigenvalue weighted by Crippen LogP contribution is 2.36. The second-order valence-corrected chi connectivity index (χ2v) is 14.4. The van der Waals surface area contributed by atoms with Crippen molar-refractivity contribution in [2.75, 3.05) is 31.6 Å². The summed E-state index contributed by atoms with van der Waals surface area (Å²) in [4.78, 5) is 7.67. The molecule has 0 amide bonds. The summed E-state index contributed by atoms with van der Waals surface area (Å²) in [5.74, 6) is 0.351. The van der Waals surface area contributed by atoms with Gasteiger partial charge in [-0.1, -0.05) is 50.3 Å². The molecule has 0 saturated carbocycles. The van der Waals surface area contributed by atoms with Crippen LogP contribution in [0.2, 0.25) is 0 Å². The summed E-state index contributed by atoms with van der Waals surface area (Å²) in [5, 5.41) is 4.21. The highest BCUT2D eigenvalue weighted by Gasteiger charge is 2.33. The summed E-state index contributed by atoms with van der Waals surface area (Å²) in [5.41, 5.74) is 2.63. The van der Waals surface area contributed by atoms with Crippen molar-refractivity contribution in [2.45, 2.75) is 56.9 Å². The molecule has 1 atom stereocenters. The molecule has 1 aromatic heterocycles. The fourth-order valence-corrected chi connectivity index (χ4v) is 8.32. The third-order valence-electron chi connectivity index (χ3n) is 7.57. The van der Waals surface area contributed by atoms with Gasteiger partial charge in [0.2, 0.25) is 10.0 Å². The molecule has 2 N–H and O–H groups in total. The van der Waals surface area contributed by atoms with Gasteiger partial charge in [-0.15, -0.1) is 11.3 Å². The van der Waals surface area contributed by atoms with Gasteiger partial charge >= 0.3 is 0 Å². The molecule has 0 aliphatic carbocycles. The van der Waals surface area contributed by atoms with Crippen molar-refractivity contribution in [3.8, 4) is 0 Å². The molecule has 2 aliphatic heterocycles. The maximum absolute atomic E-state index is 13.9. The van der Waals surface area contributed by atoms with Gasteiger partial charge in [-0.05, 0) is 60.8 Å². The number of piperidine rings is 1. The minimum atomic E-state index is -3.89. The average Bonchev–Trinajstić information content (AvgIpc) is 3.30. The summed E-state index contributed by atoms with van der Waals surface area (Å²) in [6, 6.07) is 12.8. The molecule has 3 heterocycles. The number of alkyl halides is 1. The zero-order valence-corrected chi connectivity index (χ0v) is 24.3. The summed E-state index contributed by atoms with van der Waals surface area (Å²) < 4.78 is 44.6. The second-order valence-electron chi connectivity index (χ2n) is 11.2. The fourth-order valence-electron chi connectivity index (χ4n) is 5.48. The Kier molecular flexibility index (Phi) is 8.05. The summed E-state index contributed by atoms with van der Waals surface area (Å²) in [7, 11) is -3.89. The quantitative estimate of drug-likeness (QED) is 0.342. The highest BCUT2D eigenvalue weighted by atomic mass is 32.2. The predicted octanol–water partition coefficient (Wildman–Crippen LogP) is 5.58. The molecular formula is C28H35FN4O2S3. The van der Waals surface area contributed by atoms with Gasteiger partial charge in [-0.25, -0.2) is 18.1 Å². The van der Waals surface area contributed by atoms with E-state index in [1.807, 2.05) is 36.4 Å². The van der Waals surface area contributed by atoms with Gasteiger partial charge in [0.1, 0.15) is 4.90 Å². The van der Waals surface area contributed by atoms with Crippen molar-refractivity contribution in [1.29, 1.82) is 0 Å². The zero-order valence-electron chi connectivity index (χ0n) is 21.9. The number of hydrogen-bond acceptors (Lipinski definition) is 6. The van der Waals surface area contributed by atoms with E-state index < -0.39 is 16.1 Å². The van der Waals surface area contributed by atoms with E-state index in [2.05, 4.69) is 28.8 Å². The van der Waals surface area contributed by atoms with Crippen molar-refractivity contribution in [3.05, 3.63) is 53.0 Å². The van der Waals surface area contributed by atoms with E-state index in [1.54, 1.807) is 17.4 Å². The van der Waals surface area contributed by atoms with E-state index in [4.69, 9.17) is 17.2 Å². The maximum Gasteiger partial charge on any atom is 0.243 e. The molecule has 0 spiro atoms. The Morgan fingerprint density at radius 1 is 1.24 bits per heavy atom. The van der Waals surface area contributed by atoms with Crippen molar-refractivity contribution < 1.29 is 12.8 Å². The third-order valence-corrected chi connectivity index (χ3v) is 10.7. The van der Waals surface area contributed by atoms with Crippen LogP contribution in [0.5, 0.6) is 0 Å². The minimum Gasteiger partial charge on any atom is -0.383 e. The lowest BCUT2D eigenvalue weighted by molar-refractivity contribution is 0.239. The first kappa shape index (κ1) is 27.4. The number of nitrogens with one attached hydrogen (secondary N) is 2. The lowest BCUT2D eigenvalue weighted by Gasteiger charge is -2.36. The van der Waals surface area contributed by atoms with Crippen LogP contribution in [0.3, 0.4) is 0 Å². The summed E-state index contributed by atoms with van der Waals surface area (Å²) in [6.45, 7) is 6.16. The van der Waals surface area contributed by atoms with E-state index in [0.29, 0.717) is 49.1 Å². The first-order valence-electron chi connectivity index (χ1n) is 13.2. The van der Waals surface area contributed by atoms with Crippen LogP contribution >= 0.6 is 23.6 Å². The lowest BCUT2D eigenvalue weighted by atomic mass is 9.82. The molecule has 1 saturated heterocycles. The second kappa shape index (κ2) is 11.2. The molecule has 38 heavy (non-hydrogen) atoms. The topological polar surface area (TPSA) is 74.3 Å². The standard InChI is InChI=1S/C28H35FN4O2S3/c1-28(2)17-20-6-5-9-24(26(20)30-18-28)38(34,35)32-22(16-25-31-21-7-3-4-8-23(21)37-25)27(36)33-14-11-19(10-13-29)12-15-33/h3-9,19,22,30,32H,10-18H2,1-2H3/t22-/m0/s1.